The van der Waals surface area contributed by atoms with E-state index in [0.29, 0.717) is 11.9 Å². The van der Waals surface area contributed by atoms with E-state index in [4.69, 9.17) is 11.7 Å². The molecule has 0 aliphatic carbocycles. The molecule has 0 atom stereocenters. The van der Waals surface area contributed by atoms with Gasteiger partial charge < -0.3 is 15.7 Å². The van der Waals surface area contributed by atoms with E-state index in [2.05, 4.69) is 26.9 Å². The monoisotopic (exact) mass is 327 g/mol. The second-order valence-corrected chi connectivity index (χ2v) is 6.31. The first-order chi connectivity index (χ1) is 11.6. The van der Waals surface area contributed by atoms with Crippen molar-refractivity contribution in [2.24, 2.45) is 16.8 Å². The van der Waals surface area contributed by atoms with Crippen molar-refractivity contribution in [2.45, 2.75) is 32.6 Å². The number of nitrogens with two attached hydrogens (primary N) is 2. The number of nitrogens with one attached hydrogen (secondary N) is 1. The molecule has 1 aromatic heterocycles. The van der Waals surface area contributed by atoms with Crippen LogP contribution >= 0.6 is 0 Å². The number of aromatic amines is 1. The van der Waals surface area contributed by atoms with E-state index in [-0.39, 0.29) is 0 Å². The zero-order chi connectivity index (χ0) is 17.1. The highest BCUT2D eigenvalue weighted by Crippen LogP contribution is 2.28. The van der Waals surface area contributed by atoms with Crippen molar-refractivity contribution in [3.8, 4) is 0 Å². The minimum Gasteiger partial charge on any atom is -0.348 e. The minimum absolute atomic E-state index is 0.469. The lowest BCUT2D eigenvalue weighted by Crippen LogP contribution is -2.51. The Labute approximate surface area is 142 Å². The summed E-state index contributed by atoms with van der Waals surface area (Å²) in [5.41, 5.74) is 4.35. The lowest BCUT2D eigenvalue weighted by atomic mass is 9.92. The summed E-state index contributed by atoms with van der Waals surface area (Å²) in [7, 11) is 0. The van der Waals surface area contributed by atoms with E-state index in [9.17, 15) is 0 Å². The van der Waals surface area contributed by atoms with Crippen molar-refractivity contribution in [3.05, 3.63) is 47.5 Å². The van der Waals surface area contributed by atoms with Gasteiger partial charge in [0.25, 0.3) is 0 Å². The third kappa shape index (κ3) is 3.21. The number of hydrogen-bond acceptors (Lipinski definition) is 4. The van der Waals surface area contributed by atoms with Gasteiger partial charge in [-0.2, -0.15) is 0 Å². The summed E-state index contributed by atoms with van der Waals surface area (Å²) in [6, 6.07) is 7.99. The molecule has 1 saturated heterocycles. The van der Waals surface area contributed by atoms with E-state index >= 15 is 0 Å². The van der Waals surface area contributed by atoms with E-state index in [1.54, 1.807) is 11.3 Å². The molecule has 0 amide bonds. The molecule has 3 rings (SSSR count). The first-order valence-corrected chi connectivity index (χ1v) is 8.24. The fourth-order valence-corrected chi connectivity index (χ4v) is 3.32. The molecule has 1 fully saturated rings. The first kappa shape index (κ1) is 16.3. The van der Waals surface area contributed by atoms with Crippen LogP contribution in [0, 0.1) is 13.8 Å². The predicted octanol–water partition coefficient (Wildman–Crippen LogP) is 1.82. The summed E-state index contributed by atoms with van der Waals surface area (Å²) in [6.45, 7) is 5.81. The lowest BCUT2D eigenvalue weighted by molar-refractivity contribution is 0.305. The van der Waals surface area contributed by atoms with Gasteiger partial charge in [0.05, 0.1) is 17.7 Å². The maximum absolute atomic E-state index is 6.27. The van der Waals surface area contributed by atoms with Crippen molar-refractivity contribution < 1.29 is 0 Å². The number of hydrogen-bond donors (Lipinski definition) is 3. The van der Waals surface area contributed by atoms with Crippen molar-refractivity contribution in [2.75, 3.05) is 18.1 Å². The third-order valence-electron chi connectivity index (χ3n) is 4.64. The normalized spacial score (nSPS) is 16.5. The molecule has 1 aliphatic rings. The molecule has 0 bridgehead atoms. The highest BCUT2D eigenvalue weighted by Gasteiger charge is 2.27. The van der Waals surface area contributed by atoms with Crippen LogP contribution in [0.25, 0.3) is 0 Å². The van der Waals surface area contributed by atoms with Crippen molar-refractivity contribution >= 4 is 11.6 Å². The summed E-state index contributed by atoms with van der Waals surface area (Å²) < 4.78 is 0. The van der Waals surface area contributed by atoms with Crippen LogP contribution in [0.15, 0.2) is 35.7 Å². The number of aromatic nitrogens is 2. The number of rotatable bonds is 2. The van der Waals surface area contributed by atoms with Crippen LogP contribution in [0.5, 0.6) is 0 Å². The van der Waals surface area contributed by atoms with E-state index < -0.39 is 0 Å². The maximum atomic E-state index is 6.27. The minimum atomic E-state index is 0.469. The molecule has 1 aromatic carbocycles. The van der Waals surface area contributed by atoms with E-state index in [0.717, 1.165) is 42.9 Å². The molecule has 0 spiro atoms. The largest absolute Gasteiger partial charge is 0.348 e. The fourth-order valence-electron chi connectivity index (χ4n) is 3.32. The number of hydrazine groups is 1. The second-order valence-electron chi connectivity index (χ2n) is 6.31. The Morgan fingerprint density at radius 1 is 1.33 bits per heavy atom. The highest BCUT2D eigenvalue weighted by atomic mass is 15.5. The van der Waals surface area contributed by atoms with Crippen LogP contribution in [0.4, 0.5) is 5.69 Å². The quantitative estimate of drug-likeness (QED) is 0.338. The SMILES string of the molecule is Cc1cccc(N(N)/C(=N\N)N2CCC(c3nc[nH]c3C)CC2)c1. The van der Waals surface area contributed by atoms with Gasteiger partial charge in [-0.15, -0.1) is 5.10 Å². The molecule has 5 N–H and O–H groups in total. The smallest absolute Gasteiger partial charge is 0.237 e. The number of nitrogens with zero attached hydrogens (tertiary/aromatic N) is 4. The summed E-state index contributed by atoms with van der Waals surface area (Å²) in [4.78, 5) is 9.76. The molecular formula is C17H25N7. The van der Waals surface area contributed by atoms with Crippen LogP contribution in [-0.4, -0.2) is 33.9 Å². The Kier molecular flexibility index (Phi) is 4.71. The van der Waals surface area contributed by atoms with Crippen LogP contribution in [0.3, 0.4) is 0 Å². The zero-order valence-corrected chi connectivity index (χ0v) is 14.2. The molecule has 1 aliphatic heterocycles. The number of benzene rings is 1. The van der Waals surface area contributed by atoms with Gasteiger partial charge in [-0.3, -0.25) is 0 Å². The van der Waals surface area contributed by atoms with Gasteiger partial charge in [-0.1, -0.05) is 12.1 Å². The number of guanidine groups is 1. The van der Waals surface area contributed by atoms with Crippen molar-refractivity contribution in [1.29, 1.82) is 0 Å². The van der Waals surface area contributed by atoms with Gasteiger partial charge in [-0.25, -0.2) is 15.8 Å². The molecule has 0 unspecified atom stereocenters. The Morgan fingerprint density at radius 2 is 2.08 bits per heavy atom. The van der Waals surface area contributed by atoms with Crippen LogP contribution in [0.1, 0.15) is 35.7 Å². The molecular weight excluding hydrogens is 302 g/mol. The Hall–Kier alpha value is -2.54. The topological polar surface area (TPSA) is 99.6 Å². The molecule has 2 aromatic rings. The van der Waals surface area contributed by atoms with Gasteiger partial charge in [0.1, 0.15) is 0 Å². The first-order valence-electron chi connectivity index (χ1n) is 8.24. The van der Waals surface area contributed by atoms with Crippen LogP contribution < -0.4 is 16.7 Å². The fraction of sp³-hybridized carbons (Fsp3) is 0.412. The van der Waals surface area contributed by atoms with Crippen molar-refractivity contribution in [3.63, 3.8) is 0 Å². The summed E-state index contributed by atoms with van der Waals surface area (Å²) in [5, 5.41) is 5.51. The van der Waals surface area contributed by atoms with E-state index in [1.165, 1.54) is 5.69 Å². The summed E-state index contributed by atoms with van der Waals surface area (Å²) in [6.07, 6.45) is 3.78. The van der Waals surface area contributed by atoms with Crippen LogP contribution in [-0.2, 0) is 0 Å². The lowest BCUT2D eigenvalue weighted by Gasteiger charge is -2.36. The van der Waals surface area contributed by atoms with Gasteiger partial charge >= 0.3 is 0 Å². The number of imidazole rings is 1. The Morgan fingerprint density at radius 3 is 2.67 bits per heavy atom. The molecule has 2 heterocycles. The molecule has 7 heteroatoms. The molecule has 24 heavy (non-hydrogen) atoms. The number of hydrazone groups is 1. The molecule has 7 nitrogen and oxygen atoms in total. The van der Waals surface area contributed by atoms with Gasteiger partial charge in [0.2, 0.25) is 5.96 Å². The van der Waals surface area contributed by atoms with Crippen LogP contribution in [0.2, 0.25) is 0 Å². The second kappa shape index (κ2) is 6.92. The maximum Gasteiger partial charge on any atom is 0.237 e. The van der Waals surface area contributed by atoms with Crippen molar-refractivity contribution in [1.82, 2.24) is 14.9 Å². The van der Waals surface area contributed by atoms with Gasteiger partial charge in [-0.05, 0) is 44.4 Å². The van der Waals surface area contributed by atoms with E-state index in [1.807, 2.05) is 31.2 Å². The number of likely N-dealkylation sites (tertiary alicyclic amines) is 1. The molecule has 0 radical (unpaired) electrons. The molecule has 0 saturated carbocycles. The standard InChI is InChI=1S/C17H25N7/c1-12-4-3-5-15(10-12)24(19)17(22-18)23-8-6-14(7-9-23)16-13(2)20-11-21-16/h3-5,10-11,14H,6-9,18-19H2,1-2H3,(H,20,21)/b22-17-. The molecule has 128 valence electrons. The summed E-state index contributed by atoms with van der Waals surface area (Å²) in [5.74, 6) is 13.0. The highest BCUT2D eigenvalue weighted by molar-refractivity contribution is 5.94. The summed E-state index contributed by atoms with van der Waals surface area (Å²) >= 11 is 0. The predicted molar refractivity (Wildman–Crippen MR) is 96.3 cm³/mol. The zero-order valence-electron chi connectivity index (χ0n) is 14.2. The Balaban J connectivity index is 1.69. The Bertz CT molecular complexity index is 713. The third-order valence-corrected chi connectivity index (χ3v) is 4.64. The number of aryl methyl sites for hydroxylation is 2. The van der Waals surface area contributed by atoms with Gasteiger partial charge in [0, 0.05) is 24.7 Å². The van der Waals surface area contributed by atoms with Gasteiger partial charge in [0.15, 0.2) is 0 Å². The number of H-pyrrole nitrogens is 1. The average molecular weight is 327 g/mol. The number of piperidine rings is 1. The number of anilines is 1. The average Bonchev–Trinajstić information content (AvgIpc) is 3.02.